The molecule has 0 unspecified atom stereocenters. The summed E-state index contributed by atoms with van der Waals surface area (Å²) < 4.78 is 21.6. The van der Waals surface area contributed by atoms with Crippen LogP contribution in [0.5, 0.6) is 17.2 Å². The van der Waals surface area contributed by atoms with Gasteiger partial charge in [-0.05, 0) is 44.2 Å². The summed E-state index contributed by atoms with van der Waals surface area (Å²) in [6, 6.07) is 12.1. The fraction of sp³-hybridized carbons (Fsp3) is 0.444. The fourth-order valence-corrected chi connectivity index (χ4v) is 4.09. The number of ether oxygens (including phenoxy) is 4. The second-order valence-electron chi connectivity index (χ2n) is 8.86. The van der Waals surface area contributed by atoms with Gasteiger partial charge in [0, 0.05) is 37.2 Å². The van der Waals surface area contributed by atoms with E-state index in [1.165, 1.54) is 9.91 Å². The number of benzene rings is 2. The van der Waals surface area contributed by atoms with Gasteiger partial charge in [0.15, 0.2) is 0 Å². The van der Waals surface area contributed by atoms with Crippen molar-refractivity contribution in [2.24, 2.45) is 5.10 Å². The molecule has 1 N–H and O–H groups in total. The summed E-state index contributed by atoms with van der Waals surface area (Å²) >= 11 is 0. The van der Waals surface area contributed by atoms with Crippen LogP contribution in [0.3, 0.4) is 0 Å². The summed E-state index contributed by atoms with van der Waals surface area (Å²) in [7, 11) is 6.32. The molecule has 2 aromatic carbocycles. The van der Waals surface area contributed by atoms with Gasteiger partial charge in [-0.3, -0.25) is 4.79 Å². The van der Waals surface area contributed by atoms with Gasteiger partial charge in [-0.2, -0.15) is 5.10 Å². The number of nitrogens with one attached hydrogen (secondary N) is 1. The number of rotatable bonds is 11. The first-order chi connectivity index (χ1) is 17.8. The zero-order valence-electron chi connectivity index (χ0n) is 22.3. The minimum absolute atomic E-state index is 0.0779. The minimum Gasteiger partial charge on any atom is -0.497 e. The van der Waals surface area contributed by atoms with Crippen LogP contribution in [0.15, 0.2) is 47.6 Å². The first-order valence-electron chi connectivity index (χ1n) is 12.1. The van der Waals surface area contributed by atoms with E-state index >= 15 is 0 Å². The number of carbonyl (C=O) groups is 2. The lowest BCUT2D eigenvalue weighted by Gasteiger charge is -2.28. The van der Waals surface area contributed by atoms with Crippen molar-refractivity contribution in [1.29, 1.82) is 0 Å². The molecule has 0 bridgehead atoms. The molecule has 2 aromatic rings. The Hall–Kier alpha value is -3.79. The van der Waals surface area contributed by atoms with E-state index in [-0.39, 0.29) is 31.1 Å². The highest BCUT2D eigenvalue weighted by Gasteiger charge is 2.36. The third kappa shape index (κ3) is 6.91. The van der Waals surface area contributed by atoms with Crippen molar-refractivity contribution in [3.8, 4) is 17.2 Å². The first-order valence-corrected chi connectivity index (χ1v) is 12.1. The van der Waals surface area contributed by atoms with Gasteiger partial charge < -0.3 is 29.2 Å². The molecule has 0 radical (unpaired) electrons. The Balaban J connectivity index is 1.99. The van der Waals surface area contributed by atoms with Gasteiger partial charge in [0.2, 0.25) is 0 Å². The van der Waals surface area contributed by atoms with Crippen LogP contribution in [-0.4, -0.2) is 81.7 Å². The van der Waals surface area contributed by atoms with E-state index in [1.807, 2.05) is 44.2 Å². The van der Waals surface area contributed by atoms with Gasteiger partial charge in [-0.25, -0.2) is 9.80 Å². The van der Waals surface area contributed by atoms with E-state index < -0.39 is 6.04 Å². The number of urea groups is 1. The van der Waals surface area contributed by atoms with Crippen molar-refractivity contribution < 1.29 is 28.5 Å². The first kappa shape index (κ1) is 27.8. The molecule has 200 valence electrons. The number of hydrazone groups is 1. The van der Waals surface area contributed by atoms with E-state index in [0.29, 0.717) is 30.3 Å². The van der Waals surface area contributed by atoms with Crippen LogP contribution in [0, 0.1) is 0 Å². The lowest BCUT2D eigenvalue weighted by atomic mass is 9.97. The van der Waals surface area contributed by atoms with Crippen LogP contribution >= 0.6 is 0 Å². The topological polar surface area (TPSA) is 102 Å². The molecule has 3 amide bonds. The summed E-state index contributed by atoms with van der Waals surface area (Å²) in [4.78, 5) is 27.9. The van der Waals surface area contributed by atoms with Crippen LogP contribution in [0.2, 0.25) is 0 Å². The van der Waals surface area contributed by atoms with Crippen molar-refractivity contribution in [2.45, 2.75) is 32.4 Å². The molecular weight excluding hydrogens is 476 g/mol. The minimum atomic E-state index is -0.462. The predicted molar refractivity (Wildman–Crippen MR) is 140 cm³/mol. The normalized spacial score (nSPS) is 14.8. The van der Waals surface area contributed by atoms with Crippen molar-refractivity contribution in [3.63, 3.8) is 0 Å². The molecule has 10 heteroatoms. The molecule has 37 heavy (non-hydrogen) atoms. The molecule has 0 aliphatic carbocycles. The molecule has 0 fully saturated rings. The van der Waals surface area contributed by atoms with E-state index in [9.17, 15) is 9.59 Å². The van der Waals surface area contributed by atoms with Crippen molar-refractivity contribution in [1.82, 2.24) is 15.2 Å². The van der Waals surface area contributed by atoms with Crippen LogP contribution in [0.4, 0.5) is 4.79 Å². The number of amides is 3. The summed E-state index contributed by atoms with van der Waals surface area (Å²) in [6.45, 7) is 4.12. The number of carbonyl (C=O) groups excluding carboxylic acids is 2. The predicted octanol–water partition coefficient (Wildman–Crippen LogP) is 3.46. The van der Waals surface area contributed by atoms with Crippen molar-refractivity contribution in [3.05, 3.63) is 53.6 Å². The monoisotopic (exact) mass is 512 g/mol. The summed E-state index contributed by atoms with van der Waals surface area (Å²) in [6.07, 6.45) is 0.443. The van der Waals surface area contributed by atoms with Gasteiger partial charge in [0.05, 0.1) is 39.7 Å². The zero-order valence-corrected chi connectivity index (χ0v) is 22.3. The van der Waals surface area contributed by atoms with E-state index in [4.69, 9.17) is 24.0 Å². The molecule has 1 heterocycles. The van der Waals surface area contributed by atoms with Gasteiger partial charge in [0.1, 0.15) is 23.8 Å². The maximum absolute atomic E-state index is 13.7. The molecule has 1 aliphatic heterocycles. The summed E-state index contributed by atoms with van der Waals surface area (Å²) in [5, 5.41) is 9.02. The van der Waals surface area contributed by atoms with E-state index in [0.717, 1.165) is 16.8 Å². The summed E-state index contributed by atoms with van der Waals surface area (Å²) in [5.41, 5.74) is 2.32. The van der Waals surface area contributed by atoms with Crippen molar-refractivity contribution in [2.75, 3.05) is 48.1 Å². The van der Waals surface area contributed by atoms with Gasteiger partial charge in [-0.1, -0.05) is 12.1 Å². The Labute approximate surface area is 218 Å². The van der Waals surface area contributed by atoms with Gasteiger partial charge in [-0.15, -0.1) is 0 Å². The molecule has 0 saturated heterocycles. The second-order valence-corrected chi connectivity index (χ2v) is 8.86. The number of nitrogens with zero attached hydrogens (tertiary/aromatic N) is 3. The smallest absolute Gasteiger partial charge is 0.318 e. The molecule has 3 rings (SSSR count). The standard InChI is InChI=1S/C27H36N4O6/c1-18(2)28-27(33)30(12-13-34-3)17-26(32)31-24(22-15-21(36-5)10-11-25(22)37-6)16-23(29-31)19-8-7-9-20(14-19)35-4/h7-11,14-15,18,24H,12-13,16-17H2,1-6H3,(H,28,33)/t24-/m1/s1. The SMILES string of the molecule is COCCN(CC(=O)N1N=C(c2cccc(OC)c2)C[C@@H]1c1cc(OC)ccc1OC)C(=O)NC(C)C. The Morgan fingerprint density at radius 3 is 2.43 bits per heavy atom. The Bertz CT molecular complexity index is 1120. The zero-order chi connectivity index (χ0) is 26.9. The average Bonchev–Trinajstić information content (AvgIpc) is 3.35. The number of hydrogen-bond donors (Lipinski definition) is 1. The second kappa shape index (κ2) is 13.0. The molecule has 0 aromatic heterocycles. The van der Waals surface area contributed by atoms with E-state index in [1.54, 1.807) is 40.6 Å². The Morgan fingerprint density at radius 1 is 1.05 bits per heavy atom. The average molecular weight is 513 g/mol. The third-order valence-electron chi connectivity index (χ3n) is 5.96. The molecular formula is C27H36N4O6. The van der Waals surface area contributed by atoms with Gasteiger partial charge >= 0.3 is 6.03 Å². The summed E-state index contributed by atoms with van der Waals surface area (Å²) in [5.74, 6) is 1.61. The van der Waals surface area contributed by atoms with Crippen LogP contribution < -0.4 is 19.5 Å². The van der Waals surface area contributed by atoms with E-state index in [2.05, 4.69) is 5.32 Å². The highest BCUT2D eigenvalue weighted by Crippen LogP contribution is 2.39. The fourth-order valence-electron chi connectivity index (χ4n) is 4.09. The molecule has 1 aliphatic rings. The Kier molecular flexibility index (Phi) is 9.73. The number of hydrogen-bond acceptors (Lipinski definition) is 7. The quantitative estimate of drug-likeness (QED) is 0.495. The highest BCUT2D eigenvalue weighted by molar-refractivity contribution is 6.03. The maximum Gasteiger partial charge on any atom is 0.318 e. The molecule has 1 atom stereocenters. The lowest BCUT2D eigenvalue weighted by molar-refractivity contribution is -0.133. The molecule has 0 saturated carbocycles. The Morgan fingerprint density at radius 2 is 1.78 bits per heavy atom. The van der Waals surface area contributed by atoms with Crippen LogP contribution in [0.25, 0.3) is 0 Å². The largest absolute Gasteiger partial charge is 0.497 e. The van der Waals surface area contributed by atoms with Crippen molar-refractivity contribution >= 4 is 17.6 Å². The molecule has 0 spiro atoms. The maximum atomic E-state index is 13.7. The highest BCUT2D eigenvalue weighted by atomic mass is 16.5. The van der Waals surface area contributed by atoms with Gasteiger partial charge in [0.25, 0.3) is 5.91 Å². The lowest BCUT2D eigenvalue weighted by Crippen LogP contribution is -2.48. The number of methoxy groups -OCH3 is 4. The third-order valence-corrected chi connectivity index (χ3v) is 5.96. The van der Waals surface area contributed by atoms with Crippen LogP contribution in [0.1, 0.15) is 37.4 Å². The van der Waals surface area contributed by atoms with Crippen LogP contribution in [-0.2, 0) is 9.53 Å². The molecule has 10 nitrogen and oxygen atoms in total.